The summed E-state index contributed by atoms with van der Waals surface area (Å²) >= 11 is 5.99. The fraction of sp³-hybridized carbons (Fsp3) is 0.154. The van der Waals surface area contributed by atoms with Gasteiger partial charge in [0.2, 0.25) is 0 Å². The number of nitrogens with zero attached hydrogens (tertiary/aromatic N) is 1. The van der Waals surface area contributed by atoms with E-state index in [0.29, 0.717) is 11.4 Å². The quantitative estimate of drug-likeness (QED) is 0.670. The van der Waals surface area contributed by atoms with Crippen LogP contribution in [0.25, 0.3) is 0 Å². The summed E-state index contributed by atoms with van der Waals surface area (Å²) in [5.41, 5.74) is 3.58. The van der Waals surface area contributed by atoms with E-state index in [9.17, 15) is 8.78 Å². The van der Waals surface area contributed by atoms with Crippen LogP contribution in [-0.2, 0) is 6.42 Å². The van der Waals surface area contributed by atoms with Crippen molar-refractivity contribution in [2.75, 3.05) is 0 Å². The van der Waals surface area contributed by atoms with E-state index in [1.807, 2.05) is 0 Å². The summed E-state index contributed by atoms with van der Waals surface area (Å²) in [4.78, 5) is 3.87. The zero-order valence-corrected chi connectivity index (χ0v) is 10.7. The largest absolute Gasteiger partial charge is 0.271 e. The standard InChI is InChI=1S/C13H12ClF2N3/c14-11-7-18-4-3-8(11)5-13(19-17)10-2-1-9(15)6-12(10)16/h1-4,6-7,13,19H,5,17H2. The minimum absolute atomic E-state index is 0.289. The number of hydrazine groups is 1. The molecule has 0 aliphatic rings. The fourth-order valence-corrected chi connectivity index (χ4v) is 2.03. The van der Waals surface area contributed by atoms with Gasteiger partial charge < -0.3 is 0 Å². The van der Waals surface area contributed by atoms with Crippen molar-refractivity contribution in [3.05, 3.63) is 64.4 Å². The number of hydrogen-bond acceptors (Lipinski definition) is 3. The highest BCUT2D eigenvalue weighted by Gasteiger charge is 2.16. The molecular formula is C13H12ClF2N3. The molecule has 2 aromatic rings. The van der Waals surface area contributed by atoms with Gasteiger partial charge in [-0.2, -0.15) is 0 Å². The lowest BCUT2D eigenvalue weighted by Crippen LogP contribution is -2.30. The number of pyridine rings is 1. The molecule has 0 saturated carbocycles. The summed E-state index contributed by atoms with van der Waals surface area (Å²) in [5, 5.41) is 0.477. The van der Waals surface area contributed by atoms with Crippen LogP contribution < -0.4 is 11.3 Å². The second kappa shape index (κ2) is 6.06. The summed E-state index contributed by atoms with van der Waals surface area (Å²) in [6.07, 6.45) is 3.47. The molecule has 0 radical (unpaired) electrons. The average Bonchev–Trinajstić information content (AvgIpc) is 2.39. The van der Waals surface area contributed by atoms with Crippen LogP contribution in [0.1, 0.15) is 17.2 Å². The molecule has 0 aliphatic heterocycles. The van der Waals surface area contributed by atoms with Gasteiger partial charge in [0.25, 0.3) is 0 Å². The second-order valence-electron chi connectivity index (χ2n) is 4.06. The molecule has 1 heterocycles. The van der Waals surface area contributed by atoms with Crippen LogP contribution in [0.4, 0.5) is 8.78 Å². The lowest BCUT2D eigenvalue weighted by atomic mass is 9.99. The first-order chi connectivity index (χ1) is 9.11. The van der Waals surface area contributed by atoms with Gasteiger partial charge in [-0.1, -0.05) is 17.7 Å². The highest BCUT2D eigenvalue weighted by Crippen LogP contribution is 2.24. The summed E-state index contributed by atoms with van der Waals surface area (Å²) in [5.74, 6) is 4.17. The highest BCUT2D eigenvalue weighted by atomic mass is 35.5. The van der Waals surface area contributed by atoms with E-state index in [4.69, 9.17) is 17.4 Å². The Morgan fingerprint density at radius 1 is 1.32 bits per heavy atom. The van der Waals surface area contributed by atoms with Crippen LogP contribution >= 0.6 is 11.6 Å². The lowest BCUT2D eigenvalue weighted by Gasteiger charge is -2.17. The van der Waals surface area contributed by atoms with Crippen LogP contribution in [-0.4, -0.2) is 4.98 Å². The van der Waals surface area contributed by atoms with Gasteiger partial charge in [0.1, 0.15) is 11.6 Å². The predicted octanol–water partition coefficient (Wildman–Crippen LogP) is 2.76. The summed E-state index contributed by atoms with van der Waals surface area (Å²) in [6, 6.07) is 4.61. The number of halogens is 3. The van der Waals surface area contributed by atoms with Crippen LogP contribution in [0.15, 0.2) is 36.7 Å². The molecule has 1 atom stereocenters. The number of rotatable bonds is 4. The highest BCUT2D eigenvalue weighted by molar-refractivity contribution is 6.31. The van der Waals surface area contributed by atoms with Gasteiger partial charge >= 0.3 is 0 Å². The van der Waals surface area contributed by atoms with Gasteiger partial charge in [0.15, 0.2) is 0 Å². The maximum atomic E-state index is 13.7. The van der Waals surface area contributed by atoms with Gasteiger partial charge in [-0.15, -0.1) is 0 Å². The van der Waals surface area contributed by atoms with Crippen molar-refractivity contribution in [3.63, 3.8) is 0 Å². The Hall–Kier alpha value is -1.56. The summed E-state index contributed by atoms with van der Waals surface area (Å²) in [6.45, 7) is 0. The van der Waals surface area contributed by atoms with E-state index in [0.717, 1.165) is 11.6 Å². The Kier molecular flexibility index (Phi) is 4.42. The van der Waals surface area contributed by atoms with Crippen molar-refractivity contribution in [1.29, 1.82) is 0 Å². The third kappa shape index (κ3) is 3.26. The van der Waals surface area contributed by atoms with Crippen LogP contribution in [0.5, 0.6) is 0 Å². The van der Waals surface area contributed by atoms with E-state index in [1.165, 1.54) is 18.3 Å². The minimum atomic E-state index is -0.645. The molecule has 19 heavy (non-hydrogen) atoms. The van der Waals surface area contributed by atoms with Crippen LogP contribution in [0.2, 0.25) is 5.02 Å². The first-order valence-electron chi connectivity index (χ1n) is 5.61. The van der Waals surface area contributed by atoms with Gasteiger partial charge in [-0.3, -0.25) is 16.3 Å². The van der Waals surface area contributed by atoms with Gasteiger partial charge in [-0.25, -0.2) is 8.78 Å². The number of aromatic nitrogens is 1. The number of benzene rings is 1. The van der Waals surface area contributed by atoms with E-state index in [1.54, 1.807) is 12.3 Å². The van der Waals surface area contributed by atoms with Crippen molar-refractivity contribution in [3.8, 4) is 0 Å². The second-order valence-corrected chi connectivity index (χ2v) is 4.46. The fourth-order valence-electron chi connectivity index (χ4n) is 1.83. The molecule has 0 bridgehead atoms. The van der Waals surface area contributed by atoms with Gasteiger partial charge in [-0.05, 0) is 24.1 Å². The third-order valence-electron chi connectivity index (χ3n) is 2.82. The molecule has 3 nitrogen and oxygen atoms in total. The molecule has 0 aliphatic carbocycles. The van der Waals surface area contributed by atoms with Gasteiger partial charge in [0.05, 0.1) is 11.1 Å². The van der Waals surface area contributed by atoms with Gasteiger partial charge in [0, 0.05) is 24.0 Å². The van der Waals surface area contributed by atoms with E-state index < -0.39 is 17.7 Å². The zero-order chi connectivity index (χ0) is 13.8. The summed E-state index contributed by atoms with van der Waals surface area (Å²) < 4.78 is 26.6. The molecule has 0 fully saturated rings. The van der Waals surface area contributed by atoms with Crippen molar-refractivity contribution >= 4 is 11.6 Å². The first-order valence-corrected chi connectivity index (χ1v) is 5.99. The third-order valence-corrected chi connectivity index (χ3v) is 3.16. The molecule has 0 spiro atoms. The molecule has 1 aromatic carbocycles. The first kappa shape index (κ1) is 13.9. The molecule has 1 aromatic heterocycles. The number of nitrogens with one attached hydrogen (secondary N) is 1. The van der Waals surface area contributed by atoms with Crippen molar-refractivity contribution in [1.82, 2.24) is 10.4 Å². The van der Waals surface area contributed by atoms with Crippen molar-refractivity contribution < 1.29 is 8.78 Å². The van der Waals surface area contributed by atoms with Crippen molar-refractivity contribution in [2.24, 2.45) is 5.84 Å². The average molecular weight is 284 g/mol. The molecular weight excluding hydrogens is 272 g/mol. The Labute approximate surface area is 114 Å². The predicted molar refractivity (Wildman–Crippen MR) is 69.4 cm³/mol. The molecule has 100 valence electrons. The van der Waals surface area contributed by atoms with E-state index in [2.05, 4.69) is 10.4 Å². The zero-order valence-electron chi connectivity index (χ0n) is 9.91. The van der Waals surface area contributed by atoms with E-state index >= 15 is 0 Å². The molecule has 1 unspecified atom stereocenters. The molecule has 0 amide bonds. The van der Waals surface area contributed by atoms with E-state index in [-0.39, 0.29) is 5.56 Å². The normalized spacial score (nSPS) is 12.4. The topological polar surface area (TPSA) is 50.9 Å². The SMILES string of the molecule is NNC(Cc1ccncc1Cl)c1ccc(F)cc1F. The Balaban J connectivity index is 2.28. The maximum Gasteiger partial charge on any atom is 0.130 e. The molecule has 0 saturated heterocycles. The number of hydrogen-bond donors (Lipinski definition) is 2. The lowest BCUT2D eigenvalue weighted by molar-refractivity contribution is 0.502. The molecule has 3 N–H and O–H groups in total. The summed E-state index contributed by atoms with van der Waals surface area (Å²) in [7, 11) is 0. The Morgan fingerprint density at radius 3 is 2.74 bits per heavy atom. The molecule has 6 heteroatoms. The smallest absolute Gasteiger partial charge is 0.130 e. The maximum absolute atomic E-state index is 13.7. The molecule has 2 rings (SSSR count). The van der Waals surface area contributed by atoms with Crippen molar-refractivity contribution in [2.45, 2.75) is 12.5 Å². The Morgan fingerprint density at radius 2 is 2.11 bits per heavy atom. The number of nitrogens with two attached hydrogens (primary N) is 1. The van der Waals surface area contributed by atoms with Crippen LogP contribution in [0.3, 0.4) is 0 Å². The minimum Gasteiger partial charge on any atom is -0.271 e. The monoisotopic (exact) mass is 283 g/mol. The Bertz CT molecular complexity index is 578. The van der Waals surface area contributed by atoms with Crippen LogP contribution in [0, 0.1) is 11.6 Å².